The molecule has 2 heterocycles. The summed E-state index contributed by atoms with van der Waals surface area (Å²) >= 11 is 0. The van der Waals surface area contributed by atoms with E-state index in [0.29, 0.717) is 17.7 Å². The number of amides is 1. The van der Waals surface area contributed by atoms with Gasteiger partial charge in [0.25, 0.3) is 5.91 Å². The smallest absolute Gasteiger partial charge is 0.391 e. The van der Waals surface area contributed by atoms with Crippen molar-refractivity contribution in [2.24, 2.45) is 5.92 Å². The Morgan fingerprint density at radius 1 is 1.14 bits per heavy atom. The molecule has 1 aliphatic rings. The van der Waals surface area contributed by atoms with E-state index in [1.54, 1.807) is 13.0 Å². The van der Waals surface area contributed by atoms with Gasteiger partial charge < -0.3 is 9.32 Å². The van der Waals surface area contributed by atoms with Gasteiger partial charge in [0.15, 0.2) is 0 Å². The number of alkyl halides is 3. The summed E-state index contributed by atoms with van der Waals surface area (Å²) in [4.78, 5) is 26.4. The molecule has 0 atom stereocenters. The normalized spacial score (nSPS) is 15.5. The zero-order valence-electron chi connectivity index (χ0n) is 16.3. The summed E-state index contributed by atoms with van der Waals surface area (Å²) < 4.78 is 43.8. The van der Waals surface area contributed by atoms with Crippen LogP contribution in [0, 0.1) is 12.8 Å². The number of nitrogens with zero attached hydrogens (tertiary/aromatic N) is 1. The number of carbonyl (C=O) groups excluding carboxylic acids is 1. The summed E-state index contributed by atoms with van der Waals surface area (Å²) in [6.45, 7) is 1.63. The van der Waals surface area contributed by atoms with Crippen LogP contribution in [-0.2, 0) is 12.8 Å². The molecule has 2 aromatic rings. The number of aryl methyl sites for hydroxylation is 3. The van der Waals surface area contributed by atoms with Crippen LogP contribution in [0.4, 0.5) is 13.2 Å². The molecule has 0 spiro atoms. The molecule has 1 aliphatic heterocycles. The van der Waals surface area contributed by atoms with Crippen molar-refractivity contribution >= 4 is 5.91 Å². The van der Waals surface area contributed by atoms with Gasteiger partial charge in [-0.3, -0.25) is 4.79 Å². The van der Waals surface area contributed by atoms with Gasteiger partial charge in [0.05, 0.1) is 5.92 Å². The first-order chi connectivity index (χ1) is 13.8. The Hall–Kier alpha value is -2.57. The second kappa shape index (κ2) is 8.84. The summed E-state index contributed by atoms with van der Waals surface area (Å²) in [6, 6.07) is 11.6. The molecule has 1 aromatic carbocycles. The molecule has 1 aromatic heterocycles. The van der Waals surface area contributed by atoms with Crippen LogP contribution in [0.3, 0.4) is 0 Å². The Balaban J connectivity index is 1.63. The van der Waals surface area contributed by atoms with E-state index in [1.807, 2.05) is 30.3 Å². The molecular formula is C22H24F3NO3. The molecule has 4 nitrogen and oxygen atoms in total. The van der Waals surface area contributed by atoms with Gasteiger partial charge in [-0.2, -0.15) is 13.2 Å². The molecule has 0 radical (unpaired) electrons. The Morgan fingerprint density at radius 3 is 2.38 bits per heavy atom. The van der Waals surface area contributed by atoms with E-state index in [9.17, 15) is 22.8 Å². The summed E-state index contributed by atoms with van der Waals surface area (Å²) in [6.07, 6.45) is -2.32. The Morgan fingerprint density at radius 2 is 1.79 bits per heavy atom. The van der Waals surface area contributed by atoms with Gasteiger partial charge in [0, 0.05) is 19.5 Å². The number of piperidine rings is 1. The first-order valence-corrected chi connectivity index (χ1v) is 9.79. The lowest BCUT2D eigenvalue weighted by molar-refractivity contribution is -0.183. The van der Waals surface area contributed by atoms with E-state index in [1.165, 1.54) is 10.5 Å². The fraction of sp³-hybridized carbons (Fsp3) is 0.455. The van der Waals surface area contributed by atoms with E-state index in [0.717, 1.165) is 12.8 Å². The Labute approximate surface area is 167 Å². The quantitative estimate of drug-likeness (QED) is 0.731. The molecule has 29 heavy (non-hydrogen) atoms. The van der Waals surface area contributed by atoms with Crippen molar-refractivity contribution < 1.29 is 22.4 Å². The van der Waals surface area contributed by atoms with Crippen LogP contribution in [0.25, 0.3) is 0 Å². The van der Waals surface area contributed by atoms with Gasteiger partial charge >= 0.3 is 11.8 Å². The van der Waals surface area contributed by atoms with Crippen LogP contribution in [-0.4, -0.2) is 30.1 Å². The summed E-state index contributed by atoms with van der Waals surface area (Å²) in [5.41, 5.74) is 0.893. The fourth-order valence-corrected chi connectivity index (χ4v) is 3.73. The highest BCUT2D eigenvalue weighted by atomic mass is 19.4. The molecule has 0 aliphatic carbocycles. The second-order valence-corrected chi connectivity index (χ2v) is 7.51. The maximum atomic E-state index is 12.8. The van der Waals surface area contributed by atoms with Crippen molar-refractivity contribution in [3.8, 4) is 0 Å². The van der Waals surface area contributed by atoms with Crippen molar-refractivity contribution in [3.63, 3.8) is 0 Å². The molecule has 0 N–H and O–H groups in total. The number of benzene rings is 1. The van der Waals surface area contributed by atoms with E-state index in [-0.39, 0.29) is 31.5 Å². The van der Waals surface area contributed by atoms with Gasteiger partial charge in [-0.1, -0.05) is 30.3 Å². The molecule has 0 saturated carbocycles. The molecule has 1 fully saturated rings. The third-order valence-electron chi connectivity index (χ3n) is 5.39. The van der Waals surface area contributed by atoms with Crippen LogP contribution in [0.5, 0.6) is 0 Å². The number of hydrogen-bond donors (Lipinski definition) is 0. The number of halogens is 3. The number of carbonyl (C=O) groups is 1. The van der Waals surface area contributed by atoms with Crippen molar-refractivity contribution in [2.75, 3.05) is 13.1 Å². The molecule has 1 amide bonds. The Bertz CT molecular complexity index is 898. The lowest BCUT2D eigenvalue weighted by Crippen LogP contribution is -2.43. The zero-order chi connectivity index (χ0) is 21.0. The van der Waals surface area contributed by atoms with Gasteiger partial charge in [-0.25, -0.2) is 4.79 Å². The molecule has 0 unspecified atom stereocenters. The van der Waals surface area contributed by atoms with E-state index >= 15 is 0 Å². The third-order valence-corrected chi connectivity index (χ3v) is 5.39. The van der Waals surface area contributed by atoms with Gasteiger partial charge in [0.2, 0.25) is 0 Å². The minimum absolute atomic E-state index is 0.0132. The number of rotatable bonds is 5. The summed E-state index contributed by atoms with van der Waals surface area (Å²) in [5, 5.41) is 0. The standard InChI is InChI=1S/C22H24F3NO3/c1-15-14-18(9-5-8-16-6-3-2-4-7-16)29-21(28)19(15)20(27)26-12-10-17(11-13-26)22(23,24)25/h2-4,6-7,14,17H,5,8-13H2,1H3. The van der Waals surface area contributed by atoms with Crippen molar-refractivity contribution in [2.45, 2.75) is 45.2 Å². The average molecular weight is 407 g/mol. The van der Waals surface area contributed by atoms with Crippen LogP contribution in [0.15, 0.2) is 45.6 Å². The number of hydrogen-bond acceptors (Lipinski definition) is 3. The van der Waals surface area contributed by atoms with Crippen LogP contribution >= 0.6 is 0 Å². The topological polar surface area (TPSA) is 50.5 Å². The van der Waals surface area contributed by atoms with Crippen molar-refractivity contribution in [1.29, 1.82) is 0 Å². The predicted molar refractivity (Wildman–Crippen MR) is 103 cm³/mol. The highest BCUT2D eigenvalue weighted by Crippen LogP contribution is 2.34. The highest BCUT2D eigenvalue weighted by Gasteiger charge is 2.42. The van der Waals surface area contributed by atoms with Crippen molar-refractivity contribution in [3.05, 3.63) is 69.3 Å². The monoisotopic (exact) mass is 407 g/mol. The molecule has 0 bridgehead atoms. The largest absolute Gasteiger partial charge is 0.427 e. The maximum absolute atomic E-state index is 12.8. The van der Waals surface area contributed by atoms with Crippen LogP contribution in [0.1, 0.15) is 46.5 Å². The lowest BCUT2D eigenvalue weighted by Gasteiger charge is -2.32. The summed E-state index contributed by atoms with van der Waals surface area (Å²) in [7, 11) is 0. The lowest BCUT2D eigenvalue weighted by atomic mass is 9.95. The van der Waals surface area contributed by atoms with Crippen LogP contribution < -0.4 is 5.63 Å². The minimum Gasteiger partial charge on any atom is -0.427 e. The maximum Gasteiger partial charge on any atom is 0.391 e. The van der Waals surface area contributed by atoms with E-state index in [2.05, 4.69) is 0 Å². The number of likely N-dealkylation sites (tertiary alicyclic amines) is 1. The SMILES string of the molecule is Cc1cc(CCCc2ccccc2)oc(=O)c1C(=O)N1CCC(C(F)(F)F)CC1. The molecule has 156 valence electrons. The van der Waals surface area contributed by atoms with E-state index < -0.39 is 23.6 Å². The van der Waals surface area contributed by atoms with Crippen LogP contribution in [0.2, 0.25) is 0 Å². The summed E-state index contributed by atoms with van der Waals surface area (Å²) in [5.74, 6) is -1.43. The van der Waals surface area contributed by atoms with Crippen molar-refractivity contribution in [1.82, 2.24) is 4.90 Å². The highest BCUT2D eigenvalue weighted by molar-refractivity contribution is 5.95. The molecule has 3 rings (SSSR count). The minimum atomic E-state index is -4.24. The van der Waals surface area contributed by atoms with Gasteiger partial charge in [-0.15, -0.1) is 0 Å². The first kappa shape index (κ1) is 21.1. The Kier molecular flexibility index (Phi) is 6.45. The van der Waals surface area contributed by atoms with Gasteiger partial charge in [-0.05, 0) is 49.8 Å². The third kappa shape index (κ3) is 5.28. The van der Waals surface area contributed by atoms with E-state index in [4.69, 9.17) is 4.42 Å². The molecule has 7 heteroatoms. The molecule has 1 saturated heterocycles. The molecular weight excluding hydrogens is 383 g/mol. The van der Waals surface area contributed by atoms with Gasteiger partial charge in [0.1, 0.15) is 11.3 Å². The zero-order valence-corrected chi connectivity index (χ0v) is 16.3. The average Bonchev–Trinajstić information content (AvgIpc) is 2.67. The second-order valence-electron chi connectivity index (χ2n) is 7.51. The fourth-order valence-electron chi connectivity index (χ4n) is 3.73. The predicted octanol–water partition coefficient (Wildman–Crippen LogP) is 4.54. The first-order valence-electron chi connectivity index (χ1n) is 9.79.